The van der Waals surface area contributed by atoms with Gasteiger partial charge in [-0.3, -0.25) is 14.4 Å². The number of nitrogens with zero attached hydrogens (tertiary/aromatic N) is 1. The van der Waals surface area contributed by atoms with E-state index in [2.05, 4.69) is 5.48 Å². The second-order valence-electron chi connectivity index (χ2n) is 2.96. The molecule has 1 rings (SSSR count). The van der Waals surface area contributed by atoms with Crippen molar-refractivity contribution in [3.63, 3.8) is 0 Å². The summed E-state index contributed by atoms with van der Waals surface area (Å²) in [5, 5.41) is 0. The molecule has 13 heavy (non-hydrogen) atoms. The minimum absolute atomic E-state index is 0.0108. The molecule has 0 aromatic carbocycles. The Kier molecular flexibility index (Phi) is 3.25. The summed E-state index contributed by atoms with van der Waals surface area (Å²) in [6.07, 6.45) is 1.02. The maximum atomic E-state index is 11.3. The van der Waals surface area contributed by atoms with Gasteiger partial charge in [0.15, 0.2) is 0 Å². The Morgan fingerprint density at radius 1 is 1.77 bits per heavy atom. The highest BCUT2D eigenvalue weighted by Crippen LogP contribution is 2.15. The summed E-state index contributed by atoms with van der Waals surface area (Å²) in [4.78, 5) is 28.6. The lowest BCUT2D eigenvalue weighted by molar-refractivity contribution is -0.141. The molecule has 5 heteroatoms. The number of likely N-dealkylation sites (N-methyl/N-ethyl adjacent to an activating group) is 1. The average molecular weight is 186 g/mol. The molecule has 0 aromatic rings. The number of nitrogens with one attached hydrogen (secondary N) is 1. The molecule has 1 atom stereocenters. The zero-order chi connectivity index (χ0) is 9.84. The summed E-state index contributed by atoms with van der Waals surface area (Å²) in [5.41, 5.74) is 2.29. The highest BCUT2D eigenvalue weighted by atomic mass is 16.6. The smallest absolute Gasteiger partial charge is 0.266 e. The van der Waals surface area contributed by atoms with Crippen molar-refractivity contribution in [2.45, 2.75) is 25.8 Å². The number of rotatable bonds is 3. The normalized spacial score (nSPS) is 22.2. The van der Waals surface area contributed by atoms with Gasteiger partial charge in [0.2, 0.25) is 5.91 Å². The number of hydrogen-bond donors (Lipinski definition) is 1. The fraction of sp³-hybridized carbons (Fsp3) is 0.750. The molecule has 0 saturated carbocycles. The maximum Gasteiger partial charge on any atom is 0.266 e. The number of carbonyl (C=O) groups excluding carboxylic acids is 2. The van der Waals surface area contributed by atoms with Crippen LogP contribution in [0.3, 0.4) is 0 Å². The van der Waals surface area contributed by atoms with Gasteiger partial charge in [-0.15, -0.1) is 0 Å². The van der Waals surface area contributed by atoms with Crippen molar-refractivity contribution >= 4 is 11.8 Å². The fourth-order valence-corrected chi connectivity index (χ4v) is 1.32. The van der Waals surface area contributed by atoms with Gasteiger partial charge in [0.05, 0.1) is 6.61 Å². The molecule has 0 spiro atoms. The average Bonchev–Trinajstić information content (AvgIpc) is 2.44. The number of hydrogen-bond acceptors (Lipinski definition) is 3. The van der Waals surface area contributed by atoms with E-state index in [-0.39, 0.29) is 17.9 Å². The molecule has 1 fully saturated rings. The van der Waals surface area contributed by atoms with Crippen LogP contribution < -0.4 is 5.48 Å². The molecule has 74 valence electrons. The second-order valence-corrected chi connectivity index (χ2v) is 2.96. The first-order chi connectivity index (χ1) is 6.16. The Bertz CT molecular complexity index is 217. The first-order valence-electron chi connectivity index (χ1n) is 4.34. The standard InChI is InChI=1S/C8H14N2O3/c1-3-13-9-8(12)6-4-5-7(11)10(6)2/h6H,3-5H2,1-2H3,(H,9,12)/t6-/m0/s1. The molecular weight excluding hydrogens is 172 g/mol. The van der Waals surface area contributed by atoms with Crippen LogP contribution in [0, 0.1) is 0 Å². The topological polar surface area (TPSA) is 58.6 Å². The molecule has 0 bridgehead atoms. The number of hydroxylamine groups is 1. The summed E-state index contributed by atoms with van der Waals surface area (Å²) in [5.74, 6) is -0.230. The largest absolute Gasteiger partial charge is 0.334 e. The van der Waals surface area contributed by atoms with E-state index in [4.69, 9.17) is 4.84 Å². The zero-order valence-electron chi connectivity index (χ0n) is 7.87. The van der Waals surface area contributed by atoms with E-state index in [0.29, 0.717) is 19.4 Å². The van der Waals surface area contributed by atoms with Crippen LogP contribution in [0.25, 0.3) is 0 Å². The van der Waals surface area contributed by atoms with Gasteiger partial charge in [-0.05, 0) is 13.3 Å². The fourth-order valence-electron chi connectivity index (χ4n) is 1.32. The molecule has 0 radical (unpaired) electrons. The molecule has 1 N–H and O–H groups in total. The molecule has 2 amide bonds. The molecule has 0 aromatic heterocycles. The van der Waals surface area contributed by atoms with Gasteiger partial charge >= 0.3 is 0 Å². The summed E-state index contributed by atoms with van der Waals surface area (Å²) < 4.78 is 0. The van der Waals surface area contributed by atoms with Crippen LogP contribution in [0.4, 0.5) is 0 Å². The van der Waals surface area contributed by atoms with Crippen molar-refractivity contribution in [2.75, 3.05) is 13.7 Å². The van der Waals surface area contributed by atoms with Crippen molar-refractivity contribution in [1.29, 1.82) is 0 Å². The lowest BCUT2D eigenvalue weighted by Crippen LogP contribution is -2.42. The zero-order valence-corrected chi connectivity index (χ0v) is 7.87. The SMILES string of the molecule is CCONC(=O)[C@@H]1CCC(=O)N1C. The summed E-state index contributed by atoms with van der Waals surface area (Å²) in [6.45, 7) is 2.21. The lowest BCUT2D eigenvalue weighted by Gasteiger charge is -2.18. The van der Waals surface area contributed by atoms with E-state index in [0.717, 1.165) is 0 Å². The van der Waals surface area contributed by atoms with Gasteiger partial charge in [0, 0.05) is 13.5 Å². The second kappa shape index (κ2) is 4.23. The predicted octanol–water partition coefficient (Wildman–Crippen LogP) is -0.325. The summed E-state index contributed by atoms with van der Waals surface area (Å²) in [7, 11) is 1.63. The van der Waals surface area contributed by atoms with Gasteiger partial charge in [-0.1, -0.05) is 0 Å². The first-order valence-corrected chi connectivity index (χ1v) is 4.34. The van der Waals surface area contributed by atoms with Crippen LogP contribution in [0.5, 0.6) is 0 Å². The van der Waals surface area contributed by atoms with E-state index in [1.807, 2.05) is 0 Å². The molecule has 0 unspecified atom stereocenters. The van der Waals surface area contributed by atoms with E-state index >= 15 is 0 Å². The van der Waals surface area contributed by atoms with Crippen molar-refractivity contribution in [1.82, 2.24) is 10.4 Å². The Balaban J connectivity index is 2.43. The Morgan fingerprint density at radius 3 is 2.92 bits per heavy atom. The molecule has 1 heterocycles. The number of carbonyl (C=O) groups is 2. The van der Waals surface area contributed by atoms with Crippen molar-refractivity contribution in [3.8, 4) is 0 Å². The third-order valence-electron chi connectivity index (χ3n) is 2.11. The predicted molar refractivity (Wildman–Crippen MR) is 45.6 cm³/mol. The third-order valence-corrected chi connectivity index (χ3v) is 2.11. The van der Waals surface area contributed by atoms with Gasteiger partial charge < -0.3 is 4.90 Å². The first kappa shape index (κ1) is 9.98. The van der Waals surface area contributed by atoms with Crippen LogP contribution in [-0.4, -0.2) is 36.4 Å². The Labute approximate surface area is 77.0 Å². The third kappa shape index (κ3) is 2.18. The van der Waals surface area contributed by atoms with Gasteiger partial charge in [-0.2, -0.15) is 0 Å². The Hall–Kier alpha value is -1.10. The minimum atomic E-state index is -0.362. The molecule has 0 aliphatic carbocycles. The highest BCUT2D eigenvalue weighted by Gasteiger charge is 2.33. The van der Waals surface area contributed by atoms with Crippen LogP contribution in [0.15, 0.2) is 0 Å². The molecule has 1 aliphatic heterocycles. The molecule has 1 saturated heterocycles. The highest BCUT2D eigenvalue weighted by molar-refractivity contribution is 5.90. The minimum Gasteiger partial charge on any atom is -0.334 e. The van der Waals surface area contributed by atoms with Crippen LogP contribution in [0.1, 0.15) is 19.8 Å². The summed E-state index contributed by atoms with van der Waals surface area (Å²) >= 11 is 0. The number of amides is 2. The maximum absolute atomic E-state index is 11.3. The van der Waals surface area contributed by atoms with Crippen LogP contribution in [-0.2, 0) is 14.4 Å². The molecule has 1 aliphatic rings. The van der Waals surface area contributed by atoms with Crippen LogP contribution in [0.2, 0.25) is 0 Å². The molecule has 5 nitrogen and oxygen atoms in total. The van der Waals surface area contributed by atoms with E-state index in [1.54, 1.807) is 14.0 Å². The lowest BCUT2D eigenvalue weighted by atomic mass is 10.2. The molecular formula is C8H14N2O3. The van der Waals surface area contributed by atoms with E-state index in [9.17, 15) is 9.59 Å². The van der Waals surface area contributed by atoms with E-state index < -0.39 is 0 Å². The Morgan fingerprint density at radius 2 is 2.46 bits per heavy atom. The quantitative estimate of drug-likeness (QED) is 0.614. The van der Waals surface area contributed by atoms with E-state index in [1.165, 1.54) is 4.90 Å². The van der Waals surface area contributed by atoms with Crippen molar-refractivity contribution < 1.29 is 14.4 Å². The monoisotopic (exact) mass is 186 g/mol. The van der Waals surface area contributed by atoms with Crippen molar-refractivity contribution in [3.05, 3.63) is 0 Å². The van der Waals surface area contributed by atoms with Gasteiger partial charge in [-0.25, -0.2) is 5.48 Å². The van der Waals surface area contributed by atoms with Gasteiger partial charge in [0.25, 0.3) is 5.91 Å². The summed E-state index contributed by atoms with van der Waals surface area (Å²) in [6, 6.07) is -0.362. The van der Waals surface area contributed by atoms with Crippen LogP contribution >= 0.6 is 0 Å². The van der Waals surface area contributed by atoms with Crippen molar-refractivity contribution in [2.24, 2.45) is 0 Å². The number of likely N-dealkylation sites (tertiary alicyclic amines) is 1. The van der Waals surface area contributed by atoms with Gasteiger partial charge in [0.1, 0.15) is 6.04 Å².